The van der Waals surface area contributed by atoms with E-state index in [1.807, 2.05) is 0 Å². The molecule has 72 valence electrons. The first kappa shape index (κ1) is 10.0. The summed E-state index contributed by atoms with van der Waals surface area (Å²) < 4.78 is 0. The van der Waals surface area contributed by atoms with E-state index in [4.69, 9.17) is 10.2 Å². The number of hydrogen-bond acceptors (Lipinski definition) is 2. The van der Waals surface area contributed by atoms with Crippen LogP contribution in [-0.2, 0) is 0 Å². The van der Waals surface area contributed by atoms with Gasteiger partial charge in [0.2, 0.25) is 0 Å². The van der Waals surface area contributed by atoms with Gasteiger partial charge in [0, 0.05) is 5.92 Å². The Morgan fingerprint density at radius 3 is 2.25 bits per heavy atom. The molecule has 2 nitrogen and oxygen atoms in total. The molecule has 1 aliphatic carbocycles. The van der Waals surface area contributed by atoms with E-state index in [-0.39, 0.29) is 11.3 Å². The zero-order valence-electron chi connectivity index (χ0n) is 8.25. The molecular formula is C10H20O2. The van der Waals surface area contributed by atoms with Gasteiger partial charge in [0.15, 0.2) is 6.29 Å². The van der Waals surface area contributed by atoms with Crippen LogP contribution in [0.15, 0.2) is 0 Å². The summed E-state index contributed by atoms with van der Waals surface area (Å²) in [5, 5.41) is 18.2. The Labute approximate surface area is 74.6 Å². The predicted octanol–water partition coefficient (Wildman–Crippen LogP) is 1.76. The van der Waals surface area contributed by atoms with Crippen molar-refractivity contribution in [1.82, 2.24) is 0 Å². The van der Waals surface area contributed by atoms with Gasteiger partial charge in [0.25, 0.3) is 0 Å². The van der Waals surface area contributed by atoms with Crippen LogP contribution in [0.5, 0.6) is 0 Å². The summed E-state index contributed by atoms with van der Waals surface area (Å²) in [6.07, 6.45) is 1.98. The molecule has 0 radical (unpaired) electrons. The average Bonchev–Trinajstić information content (AvgIpc) is 1.82. The first-order chi connectivity index (χ1) is 5.41. The second-order valence-corrected chi connectivity index (χ2v) is 5.09. The average molecular weight is 172 g/mol. The van der Waals surface area contributed by atoms with Gasteiger partial charge in [-0.25, -0.2) is 0 Å². The van der Waals surface area contributed by atoms with Gasteiger partial charge in [-0.2, -0.15) is 0 Å². The Morgan fingerprint density at radius 1 is 1.25 bits per heavy atom. The summed E-state index contributed by atoms with van der Waals surface area (Å²) in [6.45, 7) is 6.60. The van der Waals surface area contributed by atoms with Crippen LogP contribution in [0.4, 0.5) is 0 Å². The molecule has 0 bridgehead atoms. The van der Waals surface area contributed by atoms with Crippen molar-refractivity contribution in [2.75, 3.05) is 0 Å². The maximum atomic E-state index is 9.08. The monoisotopic (exact) mass is 172 g/mol. The van der Waals surface area contributed by atoms with Gasteiger partial charge in [-0.1, -0.05) is 20.8 Å². The van der Waals surface area contributed by atoms with Gasteiger partial charge in [0.05, 0.1) is 0 Å². The number of aliphatic hydroxyl groups excluding tert-OH is 1. The topological polar surface area (TPSA) is 40.5 Å². The SMILES string of the molecule is CC1CC(C(O)O)CC(C)(C)C1. The lowest BCUT2D eigenvalue weighted by molar-refractivity contribution is -0.111. The fourth-order valence-corrected chi connectivity index (χ4v) is 2.65. The second-order valence-electron chi connectivity index (χ2n) is 5.09. The van der Waals surface area contributed by atoms with Crippen molar-refractivity contribution in [3.8, 4) is 0 Å². The highest BCUT2D eigenvalue weighted by Crippen LogP contribution is 2.42. The van der Waals surface area contributed by atoms with Crippen LogP contribution in [0.25, 0.3) is 0 Å². The van der Waals surface area contributed by atoms with Gasteiger partial charge in [-0.15, -0.1) is 0 Å². The summed E-state index contributed by atoms with van der Waals surface area (Å²) in [4.78, 5) is 0. The van der Waals surface area contributed by atoms with Crippen molar-refractivity contribution in [2.24, 2.45) is 17.3 Å². The Morgan fingerprint density at radius 2 is 1.83 bits per heavy atom. The Bertz CT molecular complexity index is 152. The third kappa shape index (κ3) is 2.46. The maximum Gasteiger partial charge on any atom is 0.154 e. The van der Waals surface area contributed by atoms with E-state index in [0.717, 1.165) is 12.8 Å². The molecule has 1 rings (SSSR count). The maximum absolute atomic E-state index is 9.08. The van der Waals surface area contributed by atoms with Crippen molar-refractivity contribution in [3.63, 3.8) is 0 Å². The minimum absolute atomic E-state index is 0.0868. The zero-order valence-corrected chi connectivity index (χ0v) is 8.25. The van der Waals surface area contributed by atoms with Crippen LogP contribution in [0.1, 0.15) is 40.0 Å². The molecule has 2 N–H and O–H groups in total. The highest BCUT2D eigenvalue weighted by molar-refractivity contribution is 4.83. The van der Waals surface area contributed by atoms with Crippen molar-refractivity contribution in [1.29, 1.82) is 0 Å². The van der Waals surface area contributed by atoms with Gasteiger partial charge < -0.3 is 10.2 Å². The molecule has 0 aromatic carbocycles. The van der Waals surface area contributed by atoms with Crippen LogP contribution in [0.2, 0.25) is 0 Å². The Balaban J connectivity index is 2.58. The summed E-state index contributed by atoms with van der Waals surface area (Å²) in [5.41, 5.74) is 0.284. The quantitative estimate of drug-likeness (QED) is 0.592. The molecule has 12 heavy (non-hydrogen) atoms. The molecule has 0 aromatic heterocycles. The predicted molar refractivity (Wildman–Crippen MR) is 48.5 cm³/mol. The summed E-state index contributed by atoms with van der Waals surface area (Å²) in [6, 6.07) is 0. The highest BCUT2D eigenvalue weighted by Gasteiger charge is 2.34. The largest absolute Gasteiger partial charge is 0.368 e. The molecule has 0 aliphatic heterocycles. The standard InChI is InChI=1S/C10H20O2/c1-7-4-8(9(11)12)6-10(2,3)5-7/h7-9,11-12H,4-6H2,1-3H3. The number of hydrogen-bond donors (Lipinski definition) is 2. The van der Waals surface area contributed by atoms with Crippen LogP contribution >= 0.6 is 0 Å². The van der Waals surface area contributed by atoms with E-state index in [1.54, 1.807) is 0 Å². The van der Waals surface area contributed by atoms with Crippen LogP contribution in [-0.4, -0.2) is 16.5 Å². The zero-order chi connectivity index (χ0) is 9.35. The smallest absolute Gasteiger partial charge is 0.154 e. The number of aliphatic hydroxyl groups is 2. The van der Waals surface area contributed by atoms with Crippen LogP contribution in [0.3, 0.4) is 0 Å². The van der Waals surface area contributed by atoms with Crippen molar-refractivity contribution < 1.29 is 10.2 Å². The van der Waals surface area contributed by atoms with E-state index in [2.05, 4.69) is 20.8 Å². The normalized spacial score (nSPS) is 35.5. The van der Waals surface area contributed by atoms with Gasteiger partial charge in [0.1, 0.15) is 0 Å². The minimum atomic E-state index is -1.12. The minimum Gasteiger partial charge on any atom is -0.368 e. The molecule has 2 heteroatoms. The second kappa shape index (κ2) is 3.35. The molecule has 0 saturated heterocycles. The fourth-order valence-electron chi connectivity index (χ4n) is 2.65. The van der Waals surface area contributed by atoms with E-state index >= 15 is 0 Å². The number of rotatable bonds is 1. The van der Waals surface area contributed by atoms with Crippen molar-refractivity contribution in [3.05, 3.63) is 0 Å². The Kier molecular flexibility index (Phi) is 2.79. The van der Waals surface area contributed by atoms with E-state index in [0.29, 0.717) is 5.92 Å². The fraction of sp³-hybridized carbons (Fsp3) is 1.00. The lowest BCUT2D eigenvalue weighted by Gasteiger charge is -2.39. The molecule has 1 aliphatic rings. The molecule has 2 atom stereocenters. The van der Waals surface area contributed by atoms with Gasteiger partial charge in [-0.05, 0) is 30.6 Å². The molecular weight excluding hydrogens is 152 g/mol. The summed E-state index contributed by atoms with van der Waals surface area (Å²) >= 11 is 0. The summed E-state index contributed by atoms with van der Waals surface area (Å²) in [5.74, 6) is 0.712. The van der Waals surface area contributed by atoms with Crippen molar-refractivity contribution in [2.45, 2.75) is 46.3 Å². The van der Waals surface area contributed by atoms with E-state index < -0.39 is 6.29 Å². The molecule has 0 spiro atoms. The third-order valence-electron chi connectivity index (χ3n) is 2.84. The van der Waals surface area contributed by atoms with Crippen LogP contribution in [0, 0.1) is 17.3 Å². The van der Waals surface area contributed by atoms with E-state index in [1.165, 1.54) is 6.42 Å². The molecule has 0 heterocycles. The molecule has 2 unspecified atom stereocenters. The third-order valence-corrected chi connectivity index (χ3v) is 2.84. The first-order valence-corrected chi connectivity index (χ1v) is 4.77. The molecule has 1 fully saturated rings. The molecule has 1 saturated carbocycles. The molecule has 0 amide bonds. The highest BCUT2D eigenvalue weighted by atomic mass is 16.5. The lowest BCUT2D eigenvalue weighted by atomic mass is 9.68. The van der Waals surface area contributed by atoms with E-state index in [9.17, 15) is 0 Å². The Hall–Kier alpha value is -0.0800. The summed E-state index contributed by atoms with van der Waals surface area (Å²) in [7, 11) is 0. The van der Waals surface area contributed by atoms with Crippen molar-refractivity contribution >= 4 is 0 Å². The lowest BCUT2D eigenvalue weighted by Crippen LogP contribution is -2.33. The van der Waals surface area contributed by atoms with Gasteiger partial charge in [-0.3, -0.25) is 0 Å². The van der Waals surface area contributed by atoms with Crippen LogP contribution < -0.4 is 0 Å². The van der Waals surface area contributed by atoms with Gasteiger partial charge >= 0.3 is 0 Å². The molecule has 0 aromatic rings. The first-order valence-electron chi connectivity index (χ1n) is 4.77.